The minimum absolute atomic E-state index is 0.287. The maximum Gasteiger partial charge on any atom is 0.126 e. The van der Waals surface area contributed by atoms with Crippen LogP contribution in [0.4, 0.5) is 4.39 Å². The van der Waals surface area contributed by atoms with Gasteiger partial charge >= 0.3 is 0 Å². The Bertz CT molecular complexity index is 249. The molecule has 0 saturated carbocycles. The van der Waals surface area contributed by atoms with Crippen LogP contribution in [0.1, 0.15) is 12.5 Å². The fourth-order valence-electron chi connectivity index (χ4n) is 1.11. The van der Waals surface area contributed by atoms with Gasteiger partial charge in [0.2, 0.25) is 0 Å². The highest BCUT2D eigenvalue weighted by Gasteiger charge is 2.15. The van der Waals surface area contributed by atoms with Crippen molar-refractivity contribution < 1.29 is 14.2 Å². The van der Waals surface area contributed by atoms with Crippen molar-refractivity contribution in [2.24, 2.45) is 0 Å². The third-order valence-corrected chi connectivity index (χ3v) is 2.00. The van der Waals surface area contributed by atoms with Crippen LogP contribution in [0, 0.1) is 0 Å². The minimum Gasteiger partial charge on any atom is -0.394 e. The van der Waals surface area contributed by atoms with Crippen molar-refractivity contribution in [1.29, 1.82) is 0 Å². The molecule has 1 N–H and O–H groups in total. The van der Waals surface area contributed by atoms with E-state index in [1.165, 1.54) is 6.92 Å². The average molecular weight is 198 g/mol. The van der Waals surface area contributed by atoms with Gasteiger partial charge in [0.05, 0.1) is 13.2 Å². The molecule has 0 saturated heterocycles. The van der Waals surface area contributed by atoms with E-state index in [1.54, 1.807) is 0 Å². The SMILES string of the molecule is C[C@H](F)[C@@H](CO)OCc1ccccc1. The summed E-state index contributed by atoms with van der Waals surface area (Å²) in [7, 11) is 0. The molecule has 0 heterocycles. The summed E-state index contributed by atoms with van der Waals surface area (Å²) in [5.74, 6) is 0. The molecule has 0 radical (unpaired) electrons. The van der Waals surface area contributed by atoms with E-state index in [2.05, 4.69) is 0 Å². The normalized spacial score (nSPS) is 15.1. The zero-order valence-electron chi connectivity index (χ0n) is 8.19. The second kappa shape index (κ2) is 5.73. The molecule has 0 aliphatic heterocycles. The molecule has 1 rings (SSSR count). The van der Waals surface area contributed by atoms with Gasteiger partial charge in [-0.2, -0.15) is 0 Å². The van der Waals surface area contributed by atoms with Crippen molar-refractivity contribution in [3.8, 4) is 0 Å². The maximum absolute atomic E-state index is 12.8. The molecule has 0 aromatic heterocycles. The molecule has 0 aliphatic carbocycles. The molecule has 0 aliphatic rings. The van der Waals surface area contributed by atoms with E-state index >= 15 is 0 Å². The summed E-state index contributed by atoms with van der Waals surface area (Å²) in [4.78, 5) is 0. The molecule has 0 amide bonds. The average Bonchev–Trinajstić information content (AvgIpc) is 2.20. The molecule has 3 heteroatoms. The second-order valence-corrected chi connectivity index (χ2v) is 3.20. The first kappa shape index (κ1) is 11.1. The van der Waals surface area contributed by atoms with Crippen LogP contribution in [0.5, 0.6) is 0 Å². The van der Waals surface area contributed by atoms with Gasteiger partial charge in [-0.05, 0) is 12.5 Å². The lowest BCUT2D eigenvalue weighted by Gasteiger charge is -2.16. The Morgan fingerprint density at radius 3 is 2.50 bits per heavy atom. The summed E-state index contributed by atoms with van der Waals surface area (Å²) in [5.41, 5.74) is 0.978. The molecule has 14 heavy (non-hydrogen) atoms. The predicted octanol–water partition coefficient (Wildman–Crippen LogP) is 1.92. The van der Waals surface area contributed by atoms with Gasteiger partial charge in [0.1, 0.15) is 12.3 Å². The van der Waals surface area contributed by atoms with E-state index in [0.29, 0.717) is 6.61 Å². The van der Waals surface area contributed by atoms with Crippen molar-refractivity contribution >= 4 is 0 Å². The molecule has 0 unspecified atom stereocenters. The van der Waals surface area contributed by atoms with Crippen LogP contribution in [0.15, 0.2) is 30.3 Å². The summed E-state index contributed by atoms with van der Waals surface area (Å²) in [6.45, 7) is 1.43. The highest BCUT2D eigenvalue weighted by Crippen LogP contribution is 2.07. The topological polar surface area (TPSA) is 29.5 Å². The molecule has 0 fully saturated rings. The number of aliphatic hydroxyl groups is 1. The minimum atomic E-state index is -1.15. The van der Waals surface area contributed by atoms with Crippen LogP contribution in [0.2, 0.25) is 0 Å². The fourth-order valence-corrected chi connectivity index (χ4v) is 1.11. The highest BCUT2D eigenvalue weighted by molar-refractivity contribution is 5.13. The molecule has 1 aromatic carbocycles. The van der Waals surface area contributed by atoms with Crippen molar-refractivity contribution in [1.82, 2.24) is 0 Å². The lowest BCUT2D eigenvalue weighted by atomic mass is 10.2. The van der Waals surface area contributed by atoms with Gasteiger partial charge in [-0.1, -0.05) is 30.3 Å². The molecule has 2 atom stereocenters. The monoisotopic (exact) mass is 198 g/mol. The molecule has 0 bridgehead atoms. The molecule has 78 valence electrons. The van der Waals surface area contributed by atoms with Gasteiger partial charge in [0, 0.05) is 0 Å². The summed E-state index contributed by atoms with van der Waals surface area (Å²) in [6.07, 6.45) is -1.88. The van der Waals surface area contributed by atoms with Gasteiger partial charge in [0.15, 0.2) is 0 Å². The van der Waals surface area contributed by atoms with E-state index in [9.17, 15) is 4.39 Å². The number of ether oxygens (including phenoxy) is 1. The zero-order chi connectivity index (χ0) is 10.4. The lowest BCUT2D eigenvalue weighted by molar-refractivity contribution is -0.0377. The first-order valence-electron chi connectivity index (χ1n) is 4.64. The number of halogens is 1. The predicted molar refractivity (Wildman–Crippen MR) is 52.7 cm³/mol. The number of hydrogen-bond donors (Lipinski definition) is 1. The van der Waals surface area contributed by atoms with Gasteiger partial charge in [-0.15, -0.1) is 0 Å². The number of rotatable bonds is 5. The van der Waals surface area contributed by atoms with E-state index in [4.69, 9.17) is 9.84 Å². The van der Waals surface area contributed by atoms with E-state index < -0.39 is 12.3 Å². The van der Waals surface area contributed by atoms with Crippen LogP contribution in [0.3, 0.4) is 0 Å². The highest BCUT2D eigenvalue weighted by atomic mass is 19.1. The third-order valence-electron chi connectivity index (χ3n) is 2.00. The van der Waals surface area contributed by atoms with Crippen LogP contribution < -0.4 is 0 Å². The second-order valence-electron chi connectivity index (χ2n) is 3.20. The van der Waals surface area contributed by atoms with E-state index in [0.717, 1.165) is 5.56 Å². The first-order valence-corrected chi connectivity index (χ1v) is 4.64. The largest absolute Gasteiger partial charge is 0.394 e. The Kier molecular flexibility index (Phi) is 4.56. The lowest BCUT2D eigenvalue weighted by Crippen LogP contribution is -2.26. The van der Waals surface area contributed by atoms with Crippen LogP contribution >= 0.6 is 0 Å². The van der Waals surface area contributed by atoms with Crippen molar-refractivity contribution in [2.75, 3.05) is 6.61 Å². The molecule has 0 spiro atoms. The Morgan fingerprint density at radius 1 is 1.36 bits per heavy atom. The number of alkyl halides is 1. The van der Waals surface area contributed by atoms with Gasteiger partial charge in [0.25, 0.3) is 0 Å². The quantitative estimate of drug-likeness (QED) is 0.783. The Balaban J connectivity index is 2.40. The molecule has 1 aromatic rings. The van der Waals surface area contributed by atoms with Crippen molar-refractivity contribution in [2.45, 2.75) is 25.8 Å². The Morgan fingerprint density at radius 2 is 2.00 bits per heavy atom. The summed E-state index contributed by atoms with van der Waals surface area (Å²) >= 11 is 0. The fraction of sp³-hybridized carbons (Fsp3) is 0.455. The summed E-state index contributed by atoms with van der Waals surface area (Å²) in [5, 5.41) is 8.81. The van der Waals surface area contributed by atoms with Crippen molar-refractivity contribution in [3.63, 3.8) is 0 Å². The smallest absolute Gasteiger partial charge is 0.126 e. The summed E-state index contributed by atoms with van der Waals surface area (Å²) in [6, 6.07) is 9.50. The standard InChI is InChI=1S/C11H15FO2/c1-9(12)11(7-13)14-8-10-5-3-2-4-6-10/h2-6,9,11,13H,7-8H2,1H3/t9-,11+/m0/s1. The van der Waals surface area contributed by atoms with Gasteiger partial charge < -0.3 is 9.84 Å². The van der Waals surface area contributed by atoms with Gasteiger partial charge in [-0.3, -0.25) is 0 Å². The number of benzene rings is 1. The Hall–Kier alpha value is -0.930. The van der Waals surface area contributed by atoms with E-state index in [-0.39, 0.29) is 6.61 Å². The van der Waals surface area contributed by atoms with Crippen LogP contribution in [-0.4, -0.2) is 24.0 Å². The Labute approximate surface area is 83.3 Å². The zero-order valence-corrected chi connectivity index (χ0v) is 8.19. The molecule has 2 nitrogen and oxygen atoms in total. The van der Waals surface area contributed by atoms with E-state index in [1.807, 2.05) is 30.3 Å². The first-order chi connectivity index (χ1) is 6.74. The maximum atomic E-state index is 12.8. The van der Waals surface area contributed by atoms with Crippen LogP contribution in [0.25, 0.3) is 0 Å². The third kappa shape index (κ3) is 3.44. The van der Waals surface area contributed by atoms with Crippen molar-refractivity contribution in [3.05, 3.63) is 35.9 Å². The summed E-state index contributed by atoms with van der Waals surface area (Å²) < 4.78 is 18.0. The molecular weight excluding hydrogens is 183 g/mol. The van der Waals surface area contributed by atoms with Gasteiger partial charge in [-0.25, -0.2) is 4.39 Å². The number of hydrogen-bond acceptors (Lipinski definition) is 2. The molecular formula is C11H15FO2. The van der Waals surface area contributed by atoms with Crippen LogP contribution in [-0.2, 0) is 11.3 Å². The number of aliphatic hydroxyl groups excluding tert-OH is 1.